The quantitative estimate of drug-likeness (QED) is 0.477. The summed E-state index contributed by atoms with van der Waals surface area (Å²) >= 11 is 0. The number of rotatable bonds is 5. The molecular formula is C33H56N4O2. The first-order valence-corrected chi connectivity index (χ1v) is 16.5. The van der Waals surface area contributed by atoms with Gasteiger partial charge in [0, 0.05) is 56.7 Å². The fraction of sp³-hybridized carbons (Fsp3) is 0.909. The van der Waals surface area contributed by atoms with Gasteiger partial charge >= 0.3 is 6.03 Å². The van der Waals surface area contributed by atoms with Crippen molar-refractivity contribution < 1.29 is 9.53 Å². The van der Waals surface area contributed by atoms with Crippen LogP contribution in [0.4, 0.5) is 4.79 Å². The standard InChI is InChI=1S/C33H56N4O2/c1-35(2)23-30-32(27-15-13-26(14-16-27)12-11-25-9-5-4-6-10-25)31-24-36(21-7-8-22-37(30)31)33(38)34-28-17-19-29(39-3)20-18-28/h25-32H,4-10,13-24H2,1-3H3,(H,34,38)/t26?,27?,28?,29?,30-,31+,32+/m1/s1. The van der Waals surface area contributed by atoms with Gasteiger partial charge in [-0.05, 0) is 110 Å². The summed E-state index contributed by atoms with van der Waals surface area (Å²) in [4.78, 5) is 20.8. The van der Waals surface area contributed by atoms with E-state index in [0.717, 1.165) is 57.7 Å². The van der Waals surface area contributed by atoms with Crippen LogP contribution in [0.2, 0.25) is 0 Å². The van der Waals surface area contributed by atoms with Crippen molar-refractivity contribution in [3.05, 3.63) is 0 Å². The molecule has 2 saturated heterocycles. The number of urea groups is 1. The van der Waals surface area contributed by atoms with E-state index >= 15 is 0 Å². The average Bonchev–Trinajstić information content (AvgIpc) is 2.94. The van der Waals surface area contributed by atoms with Gasteiger partial charge in [-0.2, -0.15) is 0 Å². The molecule has 0 radical (unpaired) electrons. The normalized spacial score (nSPS) is 36.6. The van der Waals surface area contributed by atoms with E-state index < -0.39 is 0 Å². The van der Waals surface area contributed by atoms with Gasteiger partial charge in [-0.1, -0.05) is 31.1 Å². The highest BCUT2D eigenvalue weighted by Gasteiger charge is 2.52. The Labute approximate surface area is 238 Å². The zero-order valence-corrected chi connectivity index (χ0v) is 25.2. The number of likely N-dealkylation sites (N-methyl/N-ethyl adjacent to an activating group) is 1. The van der Waals surface area contributed by atoms with Crippen molar-refractivity contribution in [2.45, 2.75) is 121 Å². The maximum atomic E-state index is 13.5. The summed E-state index contributed by atoms with van der Waals surface area (Å²) in [6.45, 7) is 4.13. The van der Waals surface area contributed by atoms with E-state index in [4.69, 9.17) is 4.74 Å². The Kier molecular flexibility index (Phi) is 10.5. The third-order valence-corrected chi connectivity index (χ3v) is 10.8. The first-order chi connectivity index (χ1) is 19.0. The van der Waals surface area contributed by atoms with Crippen LogP contribution in [0.3, 0.4) is 0 Å². The molecule has 5 rings (SSSR count). The number of hydrogen-bond donors (Lipinski definition) is 1. The average molecular weight is 541 g/mol. The minimum atomic E-state index is 0.175. The second-order valence-corrected chi connectivity index (χ2v) is 13.8. The number of nitrogens with one attached hydrogen (secondary N) is 1. The molecule has 0 spiro atoms. The summed E-state index contributed by atoms with van der Waals surface area (Å²) in [7, 11) is 6.26. The van der Waals surface area contributed by atoms with Crippen molar-refractivity contribution >= 4 is 6.03 Å². The maximum Gasteiger partial charge on any atom is 0.317 e. The summed E-state index contributed by atoms with van der Waals surface area (Å²) < 4.78 is 5.54. The lowest BCUT2D eigenvalue weighted by atomic mass is 9.65. The smallest absolute Gasteiger partial charge is 0.317 e. The molecule has 0 aromatic heterocycles. The van der Waals surface area contributed by atoms with Gasteiger partial charge < -0.3 is 19.9 Å². The molecule has 2 heterocycles. The van der Waals surface area contributed by atoms with E-state index in [0.29, 0.717) is 42.0 Å². The highest BCUT2D eigenvalue weighted by atomic mass is 16.5. The fourth-order valence-corrected chi connectivity index (χ4v) is 8.57. The van der Waals surface area contributed by atoms with E-state index in [1.54, 1.807) is 0 Å². The monoisotopic (exact) mass is 540 g/mol. The summed E-state index contributed by atoms with van der Waals surface area (Å²) in [5.41, 5.74) is 0. The van der Waals surface area contributed by atoms with E-state index in [9.17, 15) is 4.79 Å². The molecule has 0 aromatic carbocycles. The van der Waals surface area contributed by atoms with Crippen LogP contribution < -0.4 is 5.32 Å². The third kappa shape index (κ3) is 7.52. The summed E-state index contributed by atoms with van der Waals surface area (Å²) in [6.07, 6.45) is 18.9. The molecule has 2 amide bonds. The summed E-state index contributed by atoms with van der Waals surface area (Å²) in [5.74, 6) is 10.2. The van der Waals surface area contributed by atoms with Gasteiger partial charge in [0.1, 0.15) is 0 Å². The van der Waals surface area contributed by atoms with Crippen LogP contribution in [-0.2, 0) is 4.74 Å². The van der Waals surface area contributed by atoms with Gasteiger partial charge in [-0.25, -0.2) is 4.79 Å². The first kappa shape index (κ1) is 29.2. The Morgan fingerprint density at radius 1 is 0.846 bits per heavy atom. The van der Waals surface area contributed by atoms with Crippen LogP contribution in [0.1, 0.15) is 96.3 Å². The van der Waals surface area contributed by atoms with E-state index in [-0.39, 0.29) is 6.03 Å². The topological polar surface area (TPSA) is 48.1 Å². The van der Waals surface area contributed by atoms with Crippen molar-refractivity contribution in [2.24, 2.45) is 23.7 Å². The summed E-state index contributed by atoms with van der Waals surface area (Å²) in [5, 5.41) is 3.41. The molecule has 0 bridgehead atoms. The molecule has 6 nitrogen and oxygen atoms in total. The molecule has 3 atom stereocenters. The van der Waals surface area contributed by atoms with Gasteiger partial charge in [0.05, 0.1) is 6.10 Å². The van der Waals surface area contributed by atoms with Gasteiger partial charge in [0.15, 0.2) is 0 Å². The van der Waals surface area contributed by atoms with Crippen LogP contribution in [0.25, 0.3) is 0 Å². The third-order valence-electron chi connectivity index (χ3n) is 10.8. The Morgan fingerprint density at radius 2 is 1.51 bits per heavy atom. The fourth-order valence-electron chi connectivity index (χ4n) is 8.57. The number of hydrogen-bond acceptors (Lipinski definition) is 4. The Balaban J connectivity index is 1.19. The molecule has 2 aliphatic heterocycles. The van der Waals surface area contributed by atoms with Crippen LogP contribution in [0.15, 0.2) is 0 Å². The molecule has 3 aliphatic carbocycles. The molecule has 39 heavy (non-hydrogen) atoms. The predicted octanol–water partition coefficient (Wildman–Crippen LogP) is 5.37. The molecule has 6 heteroatoms. The molecule has 5 fully saturated rings. The maximum absolute atomic E-state index is 13.5. The van der Waals surface area contributed by atoms with Crippen molar-refractivity contribution in [3.8, 4) is 11.8 Å². The molecule has 1 N–H and O–H groups in total. The number of fused-ring (bicyclic) bond motifs is 1. The van der Waals surface area contributed by atoms with Crippen molar-refractivity contribution in [1.82, 2.24) is 20.0 Å². The first-order valence-electron chi connectivity index (χ1n) is 16.5. The number of carbonyl (C=O) groups excluding carboxylic acids is 1. The van der Waals surface area contributed by atoms with E-state index in [1.165, 1.54) is 70.8 Å². The largest absolute Gasteiger partial charge is 0.381 e. The highest BCUT2D eigenvalue weighted by molar-refractivity contribution is 5.74. The van der Waals surface area contributed by atoms with Gasteiger partial charge in [-0.3, -0.25) is 4.90 Å². The van der Waals surface area contributed by atoms with E-state index in [1.807, 2.05) is 7.11 Å². The number of methoxy groups -OCH3 is 1. The van der Waals surface area contributed by atoms with Gasteiger partial charge in [0.25, 0.3) is 0 Å². The molecule has 5 aliphatic rings. The highest BCUT2D eigenvalue weighted by Crippen LogP contribution is 2.46. The Morgan fingerprint density at radius 3 is 2.18 bits per heavy atom. The molecule has 220 valence electrons. The van der Waals surface area contributed by atoms with Crippen LogP contribution in [0.5, 0.6) is 0 Å². The number of ether oxygens (including phenoxy) is 1. The molecular weight excluding hydrogens is 484 g/mol. The zero-order valence-electron chi connectivity index (χ0n) is 25.2. The minimum absolute atomic E-state index is 0.175. The SMILES string of the molecule is COC1CCC(NC(=O)N2CCCCN3[C@H](CN(C)C)[C@H](C4CCC(C#CC5CCCCC5)CC4)[C@@H]3C2)CC1. The van der Waals surface area contributed by atoms with Gasteiger partial charge in [-0.15, -0.1) is 0 Å². The molecule has 0 unspecified atom stereocenters. The zero-order chi connectivity index (χ0) is 27.2. The number of amides is 2. The van der Waals surface area contributed by atoms with Crippen molar-refractivity contribution in [2.75, 3.05) is 47.4 Å². The van der Waals surface area contributed by atoms with Crippen LogP contribution in [0, 0.1) is 35.5 Å². The lowest BCUT2D eigenvalue weighted by Crippen LogP contribution is -2.72. The lowest BCUT2D eigenvalue weighted by Gasteiger charge is -2.61. The molecule has 3 saturated carbocycles. The van der Waals surface area contributed by atoms with Crippen LogP contribution >= 0.6 is 0 Å². The van der Waals surface area contributed by atoms with Crippen molar-refractivity contribution in [3.63, 3.8) is 0 Å². The summed E-state index contributed by atoms with van der Waals surface area (Å²) in [6, 6.07) is 1.62. The van der Waals surface area contributed by atoms with Gasteiger partial charge in [0.2, 0.25) is 0 Å². The van der Waals surface area contributed by atoms with Crippen LogP contribution in [-0.4, -0.2) is 92.3 Å². The van der Waals surface area contributed by atoms with Crippen molar-refractivity contribution in [1.29, 1.82) is 0 Å². The van der Waals surface area contributed by atoms with E-state index in [2.05, 4.69) is 46.0 Å². The lowest BCUT2D eigenvalue weighted by molar-refractivity contribution is -0.113. The Hall–Kier alpha value is -1.29. The predicted molar refractivity (Wildman–Crippen MR) is 159 cm³/mol. The minimum Gasteiger partial charge on any atom is -0.381 e. The number of carbonyl (C=O) groups is 1. The second-order valence-electron chi connectivity index (χ2n) is 13.8. The number of nitrogens with zero attached hydrogens (tertiary/aromatic N) is 3. The Bertz CT molecular complexity index is 830. The second kappa shape index (κ2) is 14.1. The molecule has 0 aromatic rings.